The summed E-state index contributed by atoms with van der Waals surface area (Å²) in [6.45, 7) is 20.7. The predicted octanol–water partition coefficient (Wildman–Crippen LogP) is 12.9. The lowest BCUT2D eigenvalue weighted by Crippen LogP contribution is -2.13. The Morgan fingerprint density at radius 2 is 0.935 bits per heavy atom. The van der Waals surface area contributed by atoms with Gasteiger partial charge in [0.2, 0.25) is 0 Å². The number of rotatable bonds is 11. The number of ether oxygens (including phenoxy) is 2. The molecule has 2 aliphatic heterocycles. The fourth-order valence-electron chi connectivity index (χ4n) is 9.37. The number of nitrogens with zero attached hydrogens (tertiary/aromatic N) is 2. The van der Waals surface area contributed by atoms with Gasteiger partial charge in [0.1, 0.15) is 11.5 Å². The number of esters is 2. The van der Waals surface area contributed by atoms with Crippen LogP contribution in [-0.4, -0.2) is 33.3 Å². The zero-order chi connectivity index (χ0) is 44.0. The van der Waals surface area contributed by atoms with Crippen molar-refractivity contribution in [1.82, 2.24) is 9.97 Å². The van der Waals surface area contributed by atoms with Crippen molar-refractivity contribution in [1.29, 1.82) is 0 Å². The van der Waals surface area contributed by atoms with Gasteiger partial charge in [0.15, 0.2) is 0 Å². The van der Waals surface area contributed by atoms with Crippen molar-refractivity contribution in [2.45, 2.75) is 94.9 Å². The number of fused-ring (bicyclic) bond motifs is 2. The molecule has 62 heavy (non-hydrogen) atoms. The molecule has 314 valence electrons. The molecule has 8 nitrogen and oxygen atoms in total. The van der Waals surface area contributed by atoms with Gasteiger partial charge in [-0.1, -0.05) is 74.5 Å². The number of aliphatic imine (C=N–C) groups is 2. The Hall–Kier alpha value is -6.80. The second-order valence-electron chi connectivity index (χ2n) is 16.5. The number of carbonyl (C=O) groups excluding carboxylic acids is 2. The normalized spacial score (nSPS) is 15.5. The van der Waals surface area contributed by atoms with E-state index in [0.29, 0.717) is 22.6 Å². The molecule has 0 saturated heterocycles. The van der Waals surface area contributed by atoms with E-state index < -0.39 is 11.9 Å². The van der Waals surface area contributed by atoms with Crippen LogP contribution in [0, 0.1) is 27.7 Å². The number of benzene rings is 4. The second kappa shape index (κ2) is 16.9. The molecule has 0 amide bonds. The van der Waals surface area contributed by atoms with Crippen LogP contribution in [0.3, 0.4) is 0 Å². The SMILES string of the molecule is CCc1c(C)[nH]c(/C=C2\N=C(C)C(CC(=O)Oc3ccc4ccccc4c3-c3c(OC(=O)CC4=C(C)/C(=C\c5[nH]c(C)c(CC)c5C)N=C4C)ccc4ccccc34)=C2C)c1C. The van der Waals surface area contributed by atoms with Crippen LogP contribution in [0.2, 0.25) is 0 Å². The summed E-state index contributed by atoms with van der Waals surface area (Å²) >= 11 is 0. The maximum Gasteiger partial charge on any atom is 0.315 e. The number of H-pyrrole nitrogens is 2. The van der Waals surface area contributed by atoms with Crippen LogP contribution in [0.1, 0.15) is 99.4 Å². The van der Waals surface area contributed by atoms with E-state index in [9.17, 15) is 9.59 Å². The molecule has 0 atom stereocenters. The molecule has 0 aliphatic carbocycles. The minimum absolute atomic E-state index is 0.0414. The zero-order valence-corrected chi connectivity index (χ0v) is 37.4. The highest BCUT2D eigenvalue weighted by Gasteiger charge is 2.27. The lowest BCUT2D eigenvalue weighted by Gasteiger charge is -2.19. The Balaban J connectivity index is 1.13. The van der Waals surface area contributed by atoms with Gasteiger partial charge in [0.25, 0.3) is 0 Å². The predicted molar refractivity (Wildman–Crippen MR) is 254 cm³/mol. The van der Waals surface area contributed by atoms with Gasteiger partial charge < -0.3 is 19.4 Å². The number of hydrogen-bond donors (Lipinski definition) is 2. The molecule has 0 spiro atoms. The number of allylic oxidation sites excluding steroid dienone is 2. The Morgan fingerprint density at radius 1 is 0.548 bits per heavy atom. The quantitative estimate of drug-likeness (QED) is 0.100. The largest absolute Gasteiger partial charge is 0.426 e. The van der Waals surface area contributed by atoms with Crippen LogP contribution >= 0.6 is 0 Å². The van der Waals surface area contributed by atoms with Crippen molar-refractivity contribution in [3.8, 4) is 22.6 Å². The summed E-state index contributed by atoms with van der Waals surface area (Å²) in [4.78, 5) is 45.0. The van der Waals surface area contributed by atoms with Crippen molar-refractivity contribution in [3.63, 3.8) is 0 Å². The van der Waals surface area contributed by atoms with Gasteiger partial charge in [-0.2, -0.15) is 0 Å². The van der Waals surface area contributed by atoms with Crippen molar-refractivity contribution in [2.75, 3.05) is 0 Å². The third-order valence-electron chi connectivity index (χ3n) is 12.8. The molecule has 6 aromatic rings. The van der Waals surface area contributed by atoms with Gasteiger partial charge in [-0.15, -0.1) is 0 Å². The van der Waals surface area contributed by atoms with Crippen LogP contribution in [0.25, 0.3) is 44.8 Å². The lowest BCUT2D eigenvalue weighted by atomic mass is 9.92. The molecule has 4 heterocycles. The van der Waals surface area contributed by atoms with E-state index in [4.69, 9.17) is 19.5 Å². The number of aromatic nitrogens is 2. The molecular weight excluding hydrogens is 769 g/mol. The molecule has 8 rings (SSSR count). The molecule has 2 aliphatic rings. The average Bonchev–Trinajstić information content (AvgIpc) is 3.88. The first kappa shape index (κ1) is 41.9. The highest BCUT2D eigenvalue weighted by Crippen LogP contribution is 2.46. The van der Waals surface area contributed by atoms with Gasteiger partial charge in [0, 0.05) is 45.3 Å². The van der Waals surface area contributed by atoms with Crippen molar-refractivity contribution < 1.29 is 19.1 Å². The molecular formula is C54H54N4O4. The monoisotopic (exact) mass is 822 g/mol. The number of aromatic amines is 2. The number of hydrogen-bond acceptors (Lipinski definition) is 6. The van der Waals surface area contributed by atoms with Crippen LogP contribution in [-0.2, 0) is 22.4 Å². The fourth-order valence-corrected chi connectivity index (χ4v) is 9.37. The topological polar surface area (TPSA) is 109 Å². The Morgan fingerprint density at radius 3 is 1.31 bits per heavy atom. The van der Waals surface area contributed by atoms with Crippen LogP contribution in [0.4, 0.5) is 0 Å². The summed E-state index contributed by atoms with van der Waals surface area (Å²) in [6.07, 6.45) is 6.13. The number of carbonyl (C=O) groups is 2. The summed E-state index contributed by atoms with van der Waals surface area (Å²) in [5.41, 5.74) is 17.6. The molecule has 2 aromatic heterocycles. The minimum atomic E-state index is -0.413. The highest BCUT2D eigenvalue weighted by molar-refractivity contribution is 6.12. The van der Waals surface area contributed by atoms with E-state index in [2.05, 4.69) is 63.7 Å². The van der Waals surface area contributed by atoms with Gasteiger partial charge in [-0.05, 0) is 159 Å². The maximum absolute atomic E-state index is 14.1. The van der Waals surface area contributed by atoms with E-state index in [1.807, 2.05) is 100 Å². The molecule has 2 N–H and O–H groups in total. The summed E-state index contributed by atoms with van der Waals surface area (Å²) < 4.78 is 12.8. The van der Waals surface area contributed by atoms with Gasteiger partial charge >= 0.3 is 11.9 Å². The first-order valence-electron chi connectivity index (χ1n) is 21.5. The second-order valence-corrected chi connectivity index (χ2v) is 16.5. The van der Waals surface area contributed by atoms with E-state index >= 15 is 0 Å². The van der Waals surface area contributed by atoms with Crippen LogP contribution < -0.4 is 9.47 Å². The summed E-state index contributed by atoms with van der Waals surface area (Å²) in [7, 11) is 0. The summed E-state index contributed by atoms with van der Waals surface area (Å²) in [5, 5.41) is 3.64. The summed E-state index contributed by atoms with van der Waals surface area (Å²) in [6, 6.07) is 23.6. The first-order valence-corrected chi connectivity index (χ1v) is 21.5. The van der Waals surface area contributed by atoms with E-state index in [1.54, 1.807) is 0 Å². The average molecular weight is 823 g/mol. The Bertz CT molecular complexity index is 2840. The zero-order valence-electron chi connectivity index (χ0n) is 37.4. The minimum Gasteiger partial charge on any atom is -0.426 e. The van der Waals surface area contributed by atoms with E-state index in [1.165, 1.54) is 22.3 Å². The highest BCUT2D eigenvalue weighted by atomic mass is 16.5. The van der Waals surface area contributed by atoms with Gasteiger partial charge in [0.05, 0.1) is 24.2 Å². The number of aryl methyl sites for hydroxylation is 2. The van der Waals surface area contributed by atoms with Crippen molar-refractivity contribution >= 4 is 57.1 Å². The molecule has 0 fully saturated rings. The van der Waals surface area contributed by atoms with E-state index in [-0.39, 0.29) is 12.8 Å². The first-order chi connectivity index (χ1) is 29.8. The standard InChI is InChI=1S/C54H54N4O4/c1-11-39-29(3)45(55-33(39)7)27-47-31(5)43(35(9)57-47)25-51(59)61-49-23-21-37-17-13-15-19-41(37)53(49)54-42-20-16-14-18-38(42)22-24-50(54)62-52(60)26-44-32(6)48(58-36(44)10)28-46-30(4)40(12-2)34(8)56-46/h13-24,27-28,55-56H,11-12,25-26H2,1-10H3/b47-27-,48-28+. The Kier molecular flexibility index (Phi) is 11.4. The smallest absolute Gasteiger partial charge is 0.315 e. The molecule has 0 bridgehead atoms. The fraction of sp³-hybridized carbons (Fsp3) is 0.259. The van der Waals surface area contributed by atoms with Crippen LogP contribution in [0.5, 0.6) is 11.5 Å². The van der Waals surface area contributed by atoms with Crippen molar-refractivity contribution in [3.05, 3.63) is 152 Å². The van der Waals surface area contributed by atoms with Gasteiger partial charge in [-0.3, -0.25) is 19.6 Å². The molecule has 4 aromatic carbocycles. The van der Waals surface area contributed by atoms with Crippen molar-refractivity contribution in [2.24, 2.45) is 9.98 Å². The third kappa shape index (κ3) is 7.70. The molecule has 0 radical (unpaired) electrons. The molecule has 0 saturated carbocycles. The molecule has 0 unspecified atom stereocenters. The lowest BCUT2D eigenvalue weighted by molar-refractivity contribution is -0.134. The van der Waals surface area contributed by atoms with E-state index in [0.717, 1.165) is 102 Å². The Labute approximate surface area is 363 Å². The third-order valence-corrected chi connectivity index (χ3v) is 12.8. The van der Waals surface area contributed by atoms with Crippen LogP contribution in [0.15, 0.2) is 116 Å². The maximum atomic E-state index is 14.1. The molecule has 8 heteroatoms. The van der Waals surface area contributed by atoms with Gasteiger partial charge in [-0.25, -0.2) is 0 Å². The number of nitrogens with one attached hydrogen (secondary N) is 2. The summed E-state index contributed by atoms with van der Waals surface area (Å²) in [5.74, 6) is -0.0736.